The lowest BCUT2D eigenvalue weighted by Crippen LogP contribution is -2.14. The van der Waals surface area contributed by atoms with Crippen molar-refractivity contribution in [2.75, 3.05) is 5.32 Å². The van der Waals surface area contributed by atoms with Gasteiger partial charge < -0.3 is 5.32 Å². The Kier molecular flexibility index (Phi) is 4.33. The van der Waals surface area contributed by atoms with Crippen LogP contribution in [0.1, 0.15) is 28.4 Å². The molecule has 0 aliphatic carbocycles. The summed E-state index contributed by atoms with van der Waals surface area (Å²) in [7, 11) is 0. The van der Waals surface area contributed by atoms with Gasteiger partial charge in [-0.05, 0) is 31.2 Å². The van der Waals surface area contributed by atoms with Gasteiger partial charge in [-0.1, -0.05) is 23.2 Å². The lowest BCUT2D eigenvalue weighted by atomic mass is 10.3. The Bertz CT molecular complexity index is 944. The summed E-state index contributed by atoms with van der Waals surface area (Å²) in [5, 5.41) is 6.91. The standard InChI is InChI=1S/C14H9Cl2F2N5O/c1-6-4-10(11(17)18)23-14(19-6)21-12(22-23)13(24)20-7-2-3-8(15)9(16)5-7/h2-5,11H,1H3,(H,20,24). The summed E-state index contributed by atoms with van der Waals surface area (Å²) in [5.41, 5.74) is 0.326. The molecule has 2 aromatic heterocycles. The third kappa shape index (κ3) is 3.15. The van der Waals surface area contributed by atoms with E-state index < -0.39 is 18.0 Å². The zero-order valence-corrected chi connectivity index (χ0v) is 13.6. The third-order valence-electron chi connectivity index (χ3n) is 3.07. The highest BCUT2D eigenvalue weighted by molar-refractivity contribution is 6.42. The van der Waals surface area contributed by atoms with E-state index >= 15 is 0 Å². The minimum Gasteiger partial charge on any atom is -0.319 e. The maximum atomic E-state index is 13.1. The second kappa shape index (κ2) is 6.29. The van der Waals surface area contributed by atoms with E-state index in [1.54, 1.807) is 6.92 Å². The van der Waals surface area contributed by atoms with Gasteiger partial charge in [-0.15, -0.1) is 5.10 Å². The number of benzene rings is 1. The smallest absolute Gasteiger partial charge is 0.295 e. The van der Waals surface area contributed by atoms with Crippen LogP contribution in [0.25, 0.3) is 5.78 Å². The van der Waals surface area contributed by atoms with Gasteiger partial charge >= 0.3 is 0 Å². The predicted octanol–water partition coefficient (Wildman–Crippen LogP) is 3.93. The monoisotopic (exact) mass is 371 g/mol. The molecule has 3 rings (SSSR count). The van der Waals surface area contributed by atoms with Crippen LogP contribution in [0.5, 0.6) is 0 Å². The largest absolute Gasteiger partial charge is 0.319 e. The molecule has 0 atom stereocenters. The normalized spacial score (nSPS) is 11.2. The van der Waals surface area contributed by atoms with E-state index in [9.17, 15) is 13.6 Å². The van der Waals surface area contributed by atoms with Gasteiger partial charge in [0.25, 0.3) is 18.1 Å². The molecule has 6 nitrogen and oxygen atoms in total. The first-order valence-electron chi connectivity index (χ1n) is 6.64. The lowest BCUT2D eigenvalue weighted by Gasteiger charge is -2.04. The van der Waals surface area contributed by atoms with Gasteiger partial charge in [-0.3, -0.25) is 4.79 Å². The molecule has 0 aliphatic rings. The summed E-state index contributed by atoms with van der Waals surface area (Å²) in [6.45, 7) is 1.55. The fraction of sp³-hybridized carbons (Fsp3) is 0.143. The number of rotatable bonds is 3. The molecule has 0 spiro atoms. The molecule has 0 fully saturated rings. The van der Waals surface area contributed by atoms with Gasteiger partial charge in [0.15, 0.2) is 0 Å². The minimum absolute atomic E-state index is 0.0791. The van der Waals surface area contributed by atoms with Crippen molar-refractivity contribution in [3.05, 3.63) is 51.5 Å². The summed E-state index contributed by atoms with van der Waals surface area (Å²) < 4.78 is 27.0. The van der Waals surface area contributed by atoms with Crippen molar-refractivity contribution >= 4 is 40.6 Å². The molecule has 1 N–H and O–H groups in total. The number of hydrogen-bond acceptors (Lipinski definition) is 4. The van der Waals surface area contributed by atoms with Gasteiger partial charge in [-0.2, -0.15) is 9.50 Å². The van der Waals surface area contributed by atoms with Crippen LogP contribution in [0.4, 0.5) is 14.5 Å². The van der Waals surface area contributed by atoms with Crippen molar-refractivity contribution in [2.45, 2.75) is 13.3 Å². The molecule has 0 aliphatic heterocycles. The molecular weight excluding hydrogens is 363 g/mol. The molecule has 0 radical (unpaired) electrons. The zero-order chi connectivity index (χ0) is 17.4. The number of carbonyl (C=O) groups excluding carboxylic acids is 1. The van der Waals surface area contributed by atoms with Crippen molar-refractivity contribution in [3.63, 3.8) is 0 Å². The fourth-order valence-corrected chi connectivity index (χ4v) is 2.33. The first kappa shape index (κ1) is 16.5. The van der Waals surface area contributed by atoms with Crippen LogP contribution in [0.15, 0.2) is 24.3 Å². The number of nitrogens with zero attached hydrogens (tertiary/aromatic N) is 4. The Balaban J connectivity index is 1.95. The topological polar surface area (TPSA) is 72.2 Å². The second-order valence-electron chi connectivity index (χ2n) is 4.85. The van der Waals surface area contributed by atoms with E-state index in [0.717, 1.165) is 4.52 Å². The van der Waals surface area contributed by atoms with Crippen LogP contribution in [-0.4, -0.2) is 25.5 Å². The average Bonchev–Trinajstić information content (AvgIpc) is 2.93. The van der Waals surface area contributed by atoms with Gasteiger partial charge in [0.1, 0.15) is 5.69 Å². The Morgan fingerprint density at radius 3 is 2.62 bits per heavy atom. The van der Waals surface area contributed by atoms with E-state index in [0.29, 0.717) is 16.4 Å². The van der Waals surface area contributed by atoms with E-state index in [2.05, 4.69) is 20.4 Å². The average molecular weight is 372 g/mol. The highest BCUT2D eigenvalue weighted by Gasteiger charge is 2.20. The molecule has 3 aromatic rings. The fourth-order valence-electron chi connectivity index (χ4n) is 2.03. The number of amides is 1. The van der Waals surface area contributed by atoms with Crippen LogP contribution in [0.3, 0.4) is 0 Å². The first-order valence-corrected chi connectivity index (χ1v) is 7.39. The Hall–Kier alpha value is -2.32. The van der Waals surface area contributed by atoms with Crippen molar-refractivity contribution < 1.29 is 13.6 Å². The molecule has 0 unspecified atom stereocenters. The maximum Gasteiger partial charge on any atom is 0.295 e. The molecule has 0 saturated heterocycles. The van der Waals surface area contributed by atoms with Crippen LogP contribution < -0.4 is 5.32 Å². The first-order chi connectivity index (χ1) is 11.3. The van der Waals surface area contributed by atoms with Crippen molar-refractivity contribution in [2.24, 2.45) is 0 Å². The molecular formula is C14H9Cl2F2N5O. The third-order valence-corrected chi connectivity index (χ3v) is 3.81. The number of alkyl halides is 2. The van der Waals surface area contributed by atoms with Gasteiger partial charge in [0.05, 0.1) is 10.0 Å². The molecule has 10 heteroatoms. The van der Waals surface area contributed by atoms with Crippen LogP contribution >= 0.6 is 23.2 Å². The van der Waals surface area contributed by atoms with E-state index in [4.69, 9.17) is 23.2 Å². The van der Waals surface area contributed by atoms with Crippen molar-refractivity contribution in [1.29, 1.82) is 0 Å². The number of carbonyl (C=O) groups is 1. The Morgan fingerprint density at radius 2 is 1.96 bits per heavy atom. The van der Waals surface area contributed by atoms with Gasteiger partial charge in [-0.25, -0.2) is 13.8 Å². The lowest BCUT2D eigenvalue weighted by molar-refractivity contribution is 0.101. The number of halogens is 4. The molecule has 1 aromatic carbocycles. The molecule has 124 valence electrons. The molecule has 2 heterocycles. The summed E-state index contributed by atoms with van der Waals surface area (Å²) in [6.07, 6.45) is -2.78. The molecule has 24 heavy (non-hydrogen) atoms. The Labute approximate surface area is 144 Å². The summed E-state index contributed by atoms with van der Waals surface area (Å²) >= 11 is 11.7. The summed E-state index contributed by atoms with van der Waals surface area (Å²) in [5.74, 6) is -1.05. The summed E-state index contributed by atoms with van der Waals surface area (Å²) in [4.78, 5) is 20.1. The van der Waals surface area contributed by atoms with Crippen LogP contribution in [0, 0.1) is 6.92 Å². The minimum atomic E-state index is -2.78. The predicted molar refractivity (Wildman–Crippen MR) is 84.9 cm³/mol. The zero-order valence-electron chi connectivity index (χ0n) is 12.1. The number of aryl methyl sites for hydroxylation is 1. The molecule has 0 bridgehead atoms. The number of hydrogen-bond donors (Lipinski definition) is 1. The molecule has 1 amide bonds. The van der Waals surface area contributed by atoms with E-state index in [1.165, 1.54) is 24.3 Å². The van der Waals surface area contributed by atoms with Crippen molar-refractivity contribution in [3.8, 4) is 0 Å². The van der Waals surface area contributed by atoms with Gasteiger partial charge in [0, 0.05) is 11.4 Å². The van der Waals surface area contributed by atoms with E-state index in [-0.39, 0.29) is 16.6 Å². The summed E-state index contributed by atoms with van der Waals surface area (Å²) in [6, 6.07) is 5.68. The maximum absolute atomic E-state index is 13.1. The second-order valence-corrected chi connectivity index (χ2v) is 5.67. The SMILES string of the molecule is Cc1cc(C(F)F)n2nc(C(=O)Nc3ccc(Cl)c(Cl)c3)nc2n1. The van der Waals surface area contributed by atoms with Gasteiger partial charge in [0.2, 0.25) is 5.82 Å². The Morgan fingerprint density at radius 1 is 1.21 bits per heavy atom. The van der Waals surface area contributed by atoms with Crippen LogP contribution in [-0.2, 0) is 0 Å². The number of aromatic nitrogens is 4. The van der Waals surface area contributed by atoms with Crippen molar-refractivity contribution in [1.82, 2.24) is 19.6 Å². The number of nitrogens with one attached hydrogen (secondary N) is 1. The quantitative estimate of drug-likeness (QED) is 0.756. The highest BCUT2D eigenvalue weighted by atomic mass is 35.5. The molecule has 0 saturated carbocycles. The van der Waals surface area contributed by atoms with E-state index in [1.807, 2.05) is 0 Å². The number of anilines is 1. The van der Waals surface area contributed by atoms with Crippen LogP contribution in [0.2, 0.25) is 10.0 Å². The number of fused-ring (bicyclic) bond motifs is 1. The highest BCUT2D eigenvalue weighted by Crippen LogP contribution is 2.25.